The summed E-state index contributed by atoms with van der Waals surface area (Å²) in [6, 6.07) is 20.8. The molecule has 0 saturated carbocycles. The molecule has 0 radical (unpaired) electrons. The second kappa shape index (κ2) is 11.3. The summed E-state index contributed by atoms with van der Waals surface area (Å²) in [6.45, 7) is 0.345. The SMILES string of the molecule is COc1ccc(C2=C(c3ccc(OC)cc3)SC(COc3ccc(CC(=O)N=O)cc3Cl)N2)cc1. The third-order valence-electron chi connectivity index (χ3n) is 5.37. The van der Waals surface area contributed by atoms with Crippen molar-refractivity contribution in [1.82, 2.24) is 5.32 Å². The summed E-state index contributed by atoms with van der Waals surface area (Å²) < 4.78 is 16.6. The van der Waals surface area contributed by atoms with Crippen molar-refractivity contribution in [3.05, 3.63) is 93.4 Å². The van der Waals surface area contributed by atoms with Gasteiger partial charge in [0, 0.05) is 10.1 Å². The fourth-order valence-electron chi connectivity index (χ4n) is 3.60. The van der Waals surface area contributed by atoms with E-state index in [0.717, 1.165) is 33.2 Å². The number of nitroso groups, excluding NO2 is 1. The topological polar surface area (TPSA) is 86.2 Å². The average Bonchev–Trinajstić information content (AvgIpc) is 3.32. The second-order valence-corrected chi connectivity index (χ2v) is 9.27. The van der Waals surface area contributed by atoms with Crippen molar-refractivity contribution >= 4 is 39.9 Å². The largest absolute Gasteiger partial charge is 0.497 e. The number of amides is 1. The Morgan fingerprint density at radius 2 is 1.60 bits per heavy atom. The van der Waals surface area contributed by atoms with Crippen molar-refractivity contribution in [3.63, 3.8) is 0 Å². The number of hydrogen-bond donors (Lipinski definition) is 1. The molecule has 1 aliphatic rings. The third kappa shape index (κ3) is 5.96. The number of carbonyl (C=O) groups excluding carboxylic acids is 1. The predicted molar refractivity (Wildman–Crippen MR) is 139 cm³/mol. The maximum absolute atomic E-state index is 11.3. The van der Waals surface area contributed by atoms with E-state index in [1.807, 2.05) is 48.5 Å². The lowest BCUT2D eigenvalue weighted by atomic mass is 10.1. The van der Waals surface area contributed by atoms with E-state index in [9.17, 15) is 9.70 Å². The molecule has 9 heteroatoms. The molecule has 0 saturated heterocycles. The molecule has 180 valence electrons. The highest BCUT2D eigenvalue weighted by Gasteiger charge is 2.27. The number of carbonyl (C=O) groups is 1. The van der Waals surface area contributed by atoms with Crippen molar-refractivity contribution in [2.24, 2.45) is 5.18 Å². The second-order valence-electron chi connectivity index (χ2n) is 7.65. The van der Waals surface area contributed by atoms with Crippen LogP contribution in [0.5, 0.6) is 17.2 Å². The first-order valence-corrected chi connectivity index (χ1v) is 12.0. The van der Waals surface area contributed by atoms with E-state index in [1.165, 1.54) is 0 Å². The monoisotopic (exact) mass is 510 g/mol. The normalized spacial score (nSPS) is 14.9. The molecule has 4 rings (SSSR count). The van der Waals surface area contributed by atoms with Crippen LogP contribution in [0.25, 0.3) is 10.6 Å². The van der Waals surface area contributed by atoms with Crippen LogP contribution >= 0.6 is 23.4 Å². The van der Waals surface area contributed by atoms with Gasteiger partial charge in [-0.3, -0.25) is 4.79 Å². The van der Waals surface area contributed by atoms with Gasteiger partial charge in [-0.05, 0) is 65.2 Å². The Hall–Kier alpha value is -3.49. The van der Waals surface area contributed by atoms with Gasteiger partial charge in [-0.1, -0.05) is 41.6 Å². The molecule has 1 amide bonds. The zero-order valence-electron chi connectivity index (χ0n) is 19.1. The number of methoxy groups -OCH3 is 2. The van der Waals surface area contributed by atoms with Crippen LogP contribution in [0.15, 0.2) is 71.9 Å². The van der Waals surface area contributed by atoms with Crippen molar-refractivity contribution in [3.8, 4) is 17.2 Å². The summed E-state index contributed by atoms with van der Waals surface area (Å²) in [6.07, 6.45) is -0.0934. The molecule has 1 heterocycles. The summed E-state index contributed by atoms with van der Waals surface area (Å²) in [7, 11) is 3.29. The van der Waals surface area contributed by atoms with Crippen LogP contribution in [0, 0.1) is 4.91 Å². The lowest BCUT2D eigenvalue weighted by Crippen LogP contribution is -2.26. The van der Waals surface area contributed by atoms with Gasteiger partial charge in [0.15, 0.2) is 0 Å². The summed E-state index contributed by atoms with van der Waals surface area (Å²) in [5.74, 6) is 1.33. The molecule has 3 aromatic rings. The van der Waals surface area contributed by atoms with Crippen LogP contribution in [-0.2, 0) is 11.2 Å². The van der Waals surface area contributed by atoms with Gasteiger partial charge < -0.3 is 19.5 Å². The Balaban J connectivity index is 1.51. The molecule has 0 aromatic heterocycles. The molecule has 7 nitrogen and oxygen atoms in total. The van der Waals surface area contributed by atoms with Gasteiger partial charge in [-0.2, -0.15) is 0 Å². The van der Waals surface area contributed by atoms with E-state index in [-0.39, 0.29) is 11.8 Å². The summed E-state index contributed by atoms with van der Waals surface area (Å²) in [5.41, 5.74) is 3.69. The van der Waals surface area contributed by atoms with Gasteiger partial charge in [0.1, 0.15) is 29.2 Å². The first-order valence-electron chi connectivity index (χ1n) is 10.7. The maximum atomic E-state index is 11.3. The van der Waals surface area contributed by atoms with Crippen molar-refractivity contribution in [2.45, 2.75) is 11.8 Å². The summed E-state index contributed by atoms with van der Waals surface area (Å²) >= 11 is 8.01. The van der Waals surface area contributed by atoms with E-state index >= 15 is 0 Å². The molecule has 0 aliphatic carbocycles. The smallest absolute Gasteiger partial charge is 0.290 e. The predicted octanol–water partition coefficient (Wildman–Crippen LogP) is 5.76. The fraction of sp³-hybridized carbons (Fsp3) is 0.192. The highest BCUT2D eigenvalue weighted by atomic mass is 35.5. The van der Waals surface area contributed by atoms with Gasteiger partial charge >= 0.3 is 0 Å². The van der Waals surface area contributed by atoms with Gasteiger partial charge in [0.25, 0.3) is 5.91 Å². The molecule has 1 atom stereocenters. The molecule has 0 fully saturated rings. The number of benzene rings is 3. The number of hydrogen-bond acceptors (Lipinski definition) is 7. The minimum absolute atomic E-state index is 0.0687. The molecular weight excluding hydrogens is 488 g/mol. The Bertz CT molecular complexity index is 1190. The maximum Gasteiger partial charge on any atom is 0.290 e. The Morgan fingerprint density at radius 3 is 2.17 bits per heavy atom. The van der Waals surface area contributed by atoms with Crippen molar-refractivity contribution in [2.75, 3.05) is 20.8 Å². The van der Waals surface area contributed by atoms with Crippen LogP contribution in [0.2, 0.25) is 5.02 Å². The highest BCUT2D eigenvalue weighted by Crippen LogP contribution is 2.43. The molecule has 35 heavy (non-hydrogen) atoms. The Kier molecular flexibility index (Phi) is 7.94. The number of thioether (sulfide) groups is 1. The van der Waals surface area contributed by atoms with Crippen LogP contribution in [0.1, 0.15) is 16.7 Å². The van der Waals surface area contributed by atoms with Crippen molar-refractivity contribution in [1.29, 1.82) is 0 Å². The standard InChI is InChI=1S/C26H23ClN2O5S/c1-32-19-8-4-17(5-9-19)25-26(18-6-10-20(33-2)11-7-18)35-24(28-25)15-34-22-12-3-16(13-21(22)27)14-23(30)29-31/h3-13,24,28H,14-15H2,1-2H3. The summed E-state index contributed by atoms with van der Waals surface area (Å²) in [5, 5.41) is 6.28. The fourth-order valence-corrected chi connectivity index (χ4v) is 5.03. The van der Waals surface area contributed by atoms with Gasteiger partial charge in [0.2, 0.25) is 0 Å². The minimum atomic E-state index is -0.746. The average molecular weight is 511 g/mol. The number of halogens is 1. The van der Waals surface area contributed by atoms with Gasteiger partial charge in [0.05, 0.1) is 31.4 Å². The zero-order valence-corrected chi connectivity index (χ0v) is 20.7. The van der Waals surface area contributed by atoms with Crippen molar-refractivity contribution < 1.29 is 19.0 Å². The van der Waals surface area contributed by atoms with Crippen LogP contribution in [0.3, 0.4) is 0 Å². The molecular formula is C26H23ClN2O5S. The molecule has 1 N–H and O–H groups in total. The van der Waals surface area contributed by atoms with E-state index in [1.54, 1.807) is 44.2 Å². The Labute approximate surface area is 212 Å². The van der Waals surface area contributed by atoms with Gasteiger partial charge in [-0.15, -0.1) is 4.91 Å². The van der Waals surface area contributed by atoms with E-state index in [2.05, 4.69) is 10.5 Å². The van der Waals surface area contributed by atoms with E-state index in [0.29, 0.717) is 22.9 Å². The quantitative estimate of drug-likeness (QED) is 0.366. The number of nitrogens with zero attached hydrogens (tertiary/aromatic N) is 1. The molecule has 1 aliphatic heterocycles. The first kappa shape index (κ1) is 24.6. The third-order valence-corrected chi connectivity index (χ3v) is 6.88. The van der Waals surface area contributed by atoms with Crippen LogP contribution in [-0.4, -0.2) is 32.1 Å². The minimum Gasteiger partial charge on any atom is -0.497 e. The lowest BCUT2D eigenvalue weighted by molar-refractivity contribution is -0.117. The van der Waals surface area contributed by atoms with Gasteiger partial charge in [-0.25, -0.2) is 0 Å². The number of nitrogens with one attached hydrogen (secondary N) is 1. The highest BCUT2D eigenvalue weighted by molar-refractivity contribution is 8.09. The summed E-state index contributed by atoms with van der Waals surface area (Å²) in [4.78, 5) is 22.7. The Morgan fingerprint density at radius 1 is 0.971 bits per heavy atom. The lowest BCUT2D eigenvalue weighted by Gasteiger charge is -2.15. The van der Waals surface area contributed by atoms with Crippen LogP contribution in [0.4, 0.5) is 0 Å². The molecule has 3 aromatic carbocycles. The molecule has 1 unspecified atom stereocenters. The van der Waals surface area contributed by atoms with Crippen LogP contribution < -0.4 is 19.5 Å². The number of ether oxygens (including phenoxy) is 3. The van der Waals surface area contributed by atoms with E-state index < -0.39 is 5.91 Å². The zero-order chi connectivity index (χ0) is 24.8. The first-order chi connectivity index (χ1) is 17.0. The molecule has 0 spiro atoms. The van der Waals surface area contributed by atoms with E-state index in [4.69, 9.17) is 25.8 Å². The number of rotatable bonds is 9. The molecule has 0 bridgehead atoms.